The first-order chi connectivity index (χ1) is 14.0. The number of fused-ring (bicyclic) bond motifs is 3. The lowest BCUT2D eigenvalue weighted by Gasteiger charge is -2.29. The second-order valence-electron chi connectivity index (χ2n) is 8.24. The zero-order valence-electron chi connectivity index (χ0n) is 18.0. The number of carbonyl (C=O) groups is 1. The number of nitrogens with zero attached hydrogens (tertiary/aromatic N) is 7. The molecule has 1 saturated carbocycles. The van der Waals surface area contributed by atoms with Crippen LogP contribution in [0.25, 0.3) is 0 Å². The number of oxime groups is 2. The van der Waals surface area contributed by atoms with Gasteiger partial charge in [-0.1, -0.05) is 10.3 Å². The minimum absolute atomic E-state index is 0.257. The van der Waals surface area contributed by atoms with Gasteiger partial charge in [0.15, 0.2) is 5.41 Å². The first-order valence-corrected chi connectivity index (χ1v) is 9.42. The molecule has 158 valence electrons. The predicted molar refractivity (Wildman–Crippen MR) is 108 cm³/mol. The highest BCUT2D eigenvalue weighted by atomic mass is 16.8. The Morgan fingerprint density at radius 2 is 1.67 bits per heavy atom. The maximum Gasteiger partial charge on any atom is 0.422 e. The number of rotatable bonds is 5. The number of nitrogens with two attached hydrogens (primary N) is 1. The van der Waals surface area contributed by atoms with E-state index in [0.717, 1.165) is 0 Å². The molecule has 1 amide bonds. The number of nitriles is 2. The lowest BCUT2D eigenvalue weighted by Crippen LogP contribution is -2.48. The van der Waals surface area contributed by atoms with Crippen LogP contribution in [-0.2, 0) is 14.5 Å². The number of aliphatic imine (C=N–C) groups is 1. The lowest BCUT2D eigenvalue weighted by atomic mass is 9.85. The van der Waals surface area contributed by atoms with Crippen LogP contribution < -0.4 is 5.73 Å². The van der Waals surface area contributed by atoms with Crippen LogP contribution in [0, 0.1) is 38.9 Å². The summed E-state index contributed by atoms with van der Waals surface area (Å²) in [6.45, 7) is 11.8. The van der Waals surface area contributed by atoms with E-state index in [1.54, 1.807) is 48.5 Å². The van der Waals surface area contributed by atoms with Gasteiger partial charge >= 0.3 is 5.91 Å². The van der Waals surface area contributed by atoms with Crippen molar-refractivity contribution in [2.75, 3.05) is 0 Å². The number of hydrogen-bond donors (Lipinski definition) is 1. The Kier molecular flexibility index (Phi) is 4.43. The minimum atomic E-state index is -2.24. The molecule has 3 unspecified atom stereocenters. The van der Waals surface area contributed by atoms with Crippen molar-refractivity contribution in [3.63, 3.8) is 0 Å². The first-order valence-electron chi connectivity index (χ1n) is 9.42. The van der Waals surface area contributed by atoms with E-state index in [2.05, 4.69) is 32.5 Å². The quantitative estimate of drug-likeness (QED) is 0.408. The summed E-state index contributed by atoms with van der Waals surface area (Å²) in [5.74, 6) is -3.04. The molecule has 2 aliphatic heterocycles. The molecule has 0 saturated heterocycles. The van der Waals surface area contributed by atoms with Gasteiger partial charge in [-0.05, 0) is 48.5 Å². The first kappa shape index (κ1) is 21.2. The average Bonchev–Trinajstić information content (AvgIpc) is 3.06. The van der Waals surface area contributed by atoms with Gasteiger partial charge in [0.2, 0.25) is 5.41 Å². The second-order valence-corrected chi connectivity index (χ2v) is 8.24. The summed E-state index contributed by atoms with van der Waals surface area (Å²) in [4.78, 5) is 29.0. The summed E-state index contributed by atoms with van der Waals surface area (Å²) in [5, 5.41) is 34.1. The molecular formula is C19H24N8O3. The van der Waals surface area contributed by atoms with Gasteiger partial charge in [0.1, 0.15) is 11.3 Å². The fourth-order valence-electron chi connectivity index (χ4n) is 4.53. The highest BCUT2D eigenvalue weighted by Gasteiger charge is 3.08. The molecular weight excluding hydrogens is 388 g/mol. The molecule has 0 bridgehead atoms. The van der Waals surface area contributed by atoms with E-state index >= 15 is 0 Å². The van der Waals surface area contributed by atoms with Crippen LogP contribution in [0.2, 0.25) is 0 Å². The van der Waals surface area contributed by atoms with E-state index in [-0.39, 0.29) is 17.6 Å². The van der Waals surface area contributed by atoms with Gasteiger partial charge in [-0.3, -0.25) is 4.79 Å². The van der Waals surface area contributed by atoms with Gasteiger partial charge < -0.3 is 15.4 Å². The summed E-state index contributed by atoms with van der Waals surface area (Å²) >= 11 is 0. The molecule has 0 radical (unpaired) electrons. The molecule has 3 aliphatic rings. The van der Waals surface area contributed by atoms with Crippen LogP contribution in [0.5, 0.6) is 0 Å². The number of carbonyl (C=O) groups excluding carboxylic acids is 1. The predicted octanol–water partition coefficient (Wildman–Crippen LogP) is 1.48. The van der Waals surface area contributed by atoms with Crippen molar-refractivity contribution in [2.45, 2.75) is 60.4 Å². The SMILES string of the molecule is CC(C)=NOC1(ON=C(C)C)N=C(N)C2(C#N)C3(C(=O)N(C(C)C)N=C3C)C12C#N. The largest absolute Gasteiger partial charge is 0.422 e. The van der Waals surface area contributed by atoms with E-state index in [0.29, 0.717) is 11.4 Å². The molecule has 11 nitrogen and oxygen atoms in total. The fourth-order valence-corrected chi connectivity index (χ4v) is 4.53. The maximum atomic E-state index is 13.6. The van der Waals surface area contributed by atoms with E-state index in [1.165, 1.54) is 5.01 Å². The van der Waals surface area contributed by atoms with Gasteiger partial charge in [-0.2, -0.15) is 20.6 Å². The summed E-state index contributed by atoms with van der Waals surface area (Å²) in [6, 6.07) is 3.86. The number of hydrogen-bond acceptors (Lipinski definition) is 10. The molecule has 3 rings (SSSR count). The van der Waals surface area contributed by atoms with E-state index in [9.17, 15) is 15.3 Å². The van der Waals surface area contributed by atoms with Crippen molar-refractivity contribution in [3.05, 3.63) is 0 Å². The zero-order chi connectivity index (χ0) is 22.7. The van der Waals surface area contributed by atoms with Gasteiger partial charge in [-0.15, -0.1) is 0 Å². The summed E-state index contributed by atoms with van der Waals surface area (Å²) < 4.78 is 0. The van der Waals surface area contributed by atoms with Crippen molar-refractivity contribution in [1.29, 1.82) is 10.5 Å². The van der Waals surface area contributed by atoms with Crippen LogP contribution in [0.1, 0.15) is 48.5 Å². The van der Waals surface area contributed by atoms with Crippen LogP contribution in [0.3, 0.4) is 0 Å². The fraction of sp³-hybridized carbons (Fsp3) is 0.632. The van der Waals surface area contributed by atoms with Crippen molar-refractivity contribution >= 4 is 28.9 Å². The molecule has 1 aliphatic carbocycles. The van der Waals surface area contributed by atoms with E-state index in [1.807, 2.05) is 0 Å². The van der Waals surface area contributed by atoms with Crippen LogP contribution >= 0.6 is 0 Å². The molecule has 0 aromatic carbocycles. The van der Waals surface area contributed by atoms with Crippen LogP contribution in [0.4, 0.5) is 0 Å². The summed E-state index contributed by atoms with van der Waals surface area (Å²) in [6.07, 6.45) is 0. The van der Waals surface area contributed by atoms with Crippen molar-refractivity contribution in [1.82, 2.24) is 5.01 Å². The Labute approximate surface area is 174 Å². The molecule has 11 heteroatoms. The minimum Gasteiger partial charge on any atom is -0.386 e. The maximum absolute atomic E-state index is 13.6. The monoisotopic (exact) mass is 412 g/mol. The van der Waals surface area contributed by atoms with Crippen molar-refractivity contribution < 1.29 is 14.5 Å². The van der Waals surface area contributed by atoms with Gasteiger partial charge in [0.05, 0.1) is 29.3 Å². The molecule has 0 aromatic heterocycles. The molecule has 0 aromatic rings. The third kappa shape index (κ3) is 1.95. The van der Waals surface area contributed by atoms with Crippen molar-refractivity contribution in [2.24, 2.45) is 42.4 Å². The Morgan fingerprint density at radius 1 is 1.13 bits per heavy atom. The molecule has 30 heavy (non-hydrogen) atoms. The van der Waals surface area contributed by atoms with Crippen molar-refractivity contribution in [3.8, 4) is 12.1 Å². The van der Waals surface area contributed by atoms with Gasteiger partial charge in [0, 0.05) is 6.04 Å². The van der Waals surface area contributed by atoms with Gasteiger partial charge in [-0.25, -0.2) is 5.01 Å². The average molecular weight is 412 g/mol. The smallest absolute Gasteiger partial charge is 0.386 e. The molecule has 3 atom stereocenters. The third-order valence-corrected chi connectivity index (χ3v) is 5.61. The Balaban J connectivity index is 2.35. The number of amidine groups is 1. The molecule has 1 spiro atoms. The number of hydrazone groups is 1. The molecule has 2 N–H and O–H groups in total. The summed E-state index contributed by atoms with van der Waals surface area (Å²) in [5.41, 5.74) is 1.92. The highest BCUT2D eigenvalue weighted by molar-refractivity contribution is 6.25. The Bertz CT molecular complexity index is 1000. The second kappa shape index (κ2) is 6.26. The normalized spacial score (nSPS) is 32.6. The van der Waals surface area contributed by atoms with Gasteiger partial charge in [0.25, 0.3) is 5.91 Å². The number of amides is 1. The van der Waals surface area contributed by atoms with E-state index < -0.39 is 28.1 Å². The zero-order valence-corrected chi connectivity index (χ0v) is 18.0. The lowest BCUT2D eigenvalue weighted by molar-refractivity contribution is -0.264. The van der Waals surface area contributed by atoms with Crippen LogP contribution in [0.15, 0.2) is 20.4 Å². The Hall–Kier alpha value is -3.47. The highest BCUT2D eigenvalue weighted by Crippen LogP contribution is 2.87. The third-order valence-electron chi connectivity index (χ3n) is 5.61. The summed E-state index contributed by atoms with van der Waals surface area (Å²) in [7, 11) is 0. The molecule has 2 heterocycles. The van der Waals surface area contributed by atoms with E-state index in [4.69, 9.17) is 15.4 Å². The topological polar surface area (TPSA) is 162 Å². The molecule has 1 fully saturated rings. The Morgan fingerprint density at radius 3 is 2.03 bits per heavy atom. The van der Waals surface area contributed by atoms with Crippen LogP contribution in [-0.4, -0.2) is 45.8 Å². The standard InChI is InChI=1S/C19H24N8O3/c1-10(2)25-29-19(30-26-11(3)4)17(9-21)16(8-20,14(22)23-19)18(17)13(7)24-27(12(5)6)15(18)28/h12H,1-7H3,(H2,22,23).